The van der Waals surface area contributed by atoms with Crippen molar-refractivity contribution in [1.82, 2.24) is 9.97 Å². The van der Waals surface area contributed by atoms with Gasteiger partial charge in [0.15, 0.2) is 0 Å². The number of hydrogen-bond donors (Lipinski definition) is 1. The predicted octanol–water partition coefficient (Wildman–Crippen LogP) is 3.87. The number of anilines is 1. The molecule has 1 saturated carbocycles. The first-order valence-corrected chi connectivity index (χ1v) is 7.24. The Labute approximate surface area is 110 Å². The Bertz CT molecular complexity index is 393. The van der Waals surface area contributed by atoms with Crippen molar-refractivity contribution in [2.45, 2.75) is 64.7 Å². The van der Waals surface area contributed by atoms with Gasteiger partial charge in [0, 0.05) is 17.7 Å². The monoisotopic (exact) mass is 247 g/mol. The molecule has 0 atom stereocenters. The Morgan fingerprint density at radius 3 is 2.44 bits per heavy atom. The van der Waals surface area contributed by atoms with Crippen LogP contribution in [-0.4, -0.2) is 9.97 Å². The lowest BCUT2D eigenvalue weighted by molar-refractivity contribution is 0.312. The molecule has 0 unspecified atom stereocenters. The van der Waals surface area contributed by atoms with E-state index < -0.39 is 0 Å². The summed E-state index contributed by atoms with van der Waals surface area (Å²) in [5.74, 6) is 3.45. The molecule has 0 radical (unpaired) electrons. The zero-order valence-corrected chi connectivity index (χ0v) is 11.8. The van der Waals surface area contributed by atoms with Crippen molar-refractivity contribution in [3.05, 3.63) is 17.6 Å². The second-order valence-corrected chi connectivity index (χ2v) is 5.86. The lowest BCUT2D eigenvalue weighted by atomic mass is 9.80. The zero-order chi connectivity index (χ0) is 13.1. The fourth-order valence-corrected chi connectivity index (χ4v) is 2.81. The standard InChI is InChI=1S/C15H25N3/c1-4-11-5-7-12(8-6-11)15-17-13(10(2)3)9-14(16)18-15/h9-12H,4-8H2,1-3H3,(H2,16,17,18). The highest BCUT2D eigenvalue weighted by molar-refractivity contribution is 5.31. The molecule has 0 spiro atoms. The van der Waals surface area contributed by atoms with Gasteiger partial charge < -0.3 is 5.73 Å². The molecule has 100 valence electrons. The lowest BCUT2D eigenvalue weighted by Gasteiger charge is -2.27. The molecule has 3 heteroatoms. The van der Waals surface area contributed by atoms with E-state index >= 15 is 0 Å². The van der Waals surface area contributed by atoms with Crippen molar-refractivity contribution in [3.8, 4) is 0 Å². The fraction of sp³-hybridized carbons (Fsp3) is 0.733. The first-order valence-electron chi connectivity index (χ1n) is 7.24. The minimum Gasteiger partial charge on any atom is -0.384 e. The van der Waals surface area contributed by atoms with Gasteiger partial charge in [0.25, 0.3) is 0 Å². The van der Waals surface area contributed by atoms with Crippen LogP contribution in [0.1, 0.15) is 76.2 Å². The van der Waals surface area contributed by atoms with Gasteiger partial charge in [-0.2, -0.15) is 0 Å². The van der Waals surface area contributed by atoms with Crippen molar-refractivity contribution in [1.29, 1.82) is 0 Å². The van der Waals surface area contributed by atoms with Gasteiger partial charge in [0.05, 0.1) is 0 Å². The molecule has 2 N–H and O–H groups in total. The van der Waals surface area contributed by atoms with Crippen LogP contribution in [0, 0.1) is 5.92 Å². The molecule has 18 heavy (non-hydrogen) atoms. The van der Waals surface area contributed by atoms with Crippen LogP contribution in [0.25, 0.3) is 0 Å². The number of nitrogens with zero attached hydrogens (tertiary/aromatic N) is 2. The summed E-state index contributed by atoms with van der Waals surface area (Å²) >= 11 is 0. The van der Waals surface area contributed by atoms with E-state index in [1.54, 1.807) is 0 Å². The van der Waals surface area contributed by atoms with Gasteiger partial charge in [-0.3, -0.25) is 0 Å². The number of nitrogen functional groups attached to an aromatic ring is 1. The van der Waals surface area contributed by atoms with Crippen LogP contribution in [-0.2, 0) is 0 Å². The molecule has 1 heterocycles. The zero-order valence-electron chi connectivity index (χ0n) is 11.8. The van der Waals surface area contributed by atoms with Gasteiger partial charge >= 0.3 is 0 Å². The highest BCUT2D eigenvalue weighted by Crippen LogP contribution is 2.36. The Kier molecular flexibility index (Phi) is 4.20. The van der Waals surface area contributed by atoms with Crippen LogP contribution < -0.4 is 5.73 Å². The van der Waals surface area contributed by atoms with Crippen LogP contribution in [0.5, 0.6) is 0 Å². The molecule has 1 aromatic rings. The maximum absolute atomic E-state index is 5.91. The van der Waals surface area contributed by atoms with E-state index in [9.17, 15) is 0 Å². The number of aromatic nitrogens is 2. The van der Waals surface area contributed by atoms with E-state index in [0.29, 0.717) is 17.7 Å². The van der Waals surface area contributed by atoms with Crippen molar-refractivity contribution < 1.29 is 0 Å². The molecule has 3 nitrogen and oxygen atoms in total. The predicted molar refractivity (Wildman–Crippen MR) is 75.5 cm³/mol. The van der Waals surface area contributed by atoms with Crippen molar-refractivity contribution in [2.75, 3.05) is 5.73 Å². The van der Waals surface area contributed by atoms with E-state index in [1.807, 2.05) is 6.07 Å². The molecular formula is C15H25N3. The molecule has 0 aliphatic heterocycles. The third-order valence-electron chi connectivity index (χ3n) is 4.16. The molecule has 0 amide bonds. The summed E-state index contributed by atoms with van der Waals surface area (Å²) in [5, 5.41) is 0. The average molecular weight is 247 g/mol. The Hall–Kier alpha value is -1.12. The molecule has 0 bridgehead atoms. The topological polar surface area (TPSA) is 51.8 Å². The summed E-state index contributed by atoms with van der Waals surface area (Å²) < 4.78 is 0. The van der Waals surface area contributed by atoms with Gasteiger partial charge in [-0.1, -0.05) is 27.2 Å². The first-order chi connectivity index (χ1) is 8.60. The molecule has 0 aromatic carbocycles. The third kappa shape index (κ3) is 3.01. The van der Waals surface area contributed by atoms with Gasteiger partial charge in [0.2, 0.25) is 0 Å². The Balaban J connectivity index is 2.13. The van der Waals surface area contributed by atoms with Crippen molar-refractivity contribution in [2.24, 2.45) is 5.92 Å². The second kappa shape index (κ2) is 5.68. The molecule has 1 fully saturated rings. The molecule has 0 saturated heterocycles. The summed E-state index contributed by atoms with van der Waals surface area (Å²) in [6.45, 7) is 6.60. The largest absolute Gasteiger partial charge is 0.384 e. The van der Waals surface area contributed by atoms with E-state index in [1.165, 1.54) is 32.1 Å². The van der Waals surface area contributed by atoms with E-state index in [4.69, 9.17) is 10.7 Å². The SMILES string of the molecule is CCC1CCC(c2nc(N)cc(C(C)C)n2)CC1. The van der Waals surface area contributed by atoms with Crippen LogP contribution in [0.2, 0.25) is 0 Å². The van der Waals surface area contributed by atoms with Crippen LogP contribution in [0.15, 0.2) is 6.07 Å². The fourth-order valence-electron chi connectivity index (χ4n) is 2.81. The van der Waals surface area contributed by atoms with Crippen LogP contribution in [0.3, 0.4) is 0 Å². The average Bonchev–Trinajstić information content (AvgIpc) is 2.38. The van der Waals surface area contributed by atoms with E-state index in [0.717, 1.165) is 17.4 Å². The van der Waals surface area contributed by atoms with Gasteiger partial charge in [0.1, 0.15) is 11.6 Å². The maximum Gasteiger partial charge on any atom is 0.134 e. The maximum atomic E-state index is 5.91. The highest BCUT2D eigenvalue weighted by atomic mass is 15.0. The second-order valence-electron chi connectivity index (χ2n) is 5.86. The minimum absolute atomic E-state index is 0.418. The Morgan fingerprint density at radius 1 is 1.22 bits per heavy atom. The molecule has 1 aliphatic rings. The molecule has 1 aromatic heterocycles. The van der Waals surface area contributed by atoms with E-state index in [2.05, 4.69) is 25.8 Å². The van der Waals surface area contributed by atoms with Crippen molar-refractivity contribution in [3.63, 3.8) is 0 Å². The molecule has 1 aliphatic carbocycles. The summed E-state index contributed by atoms with van der Waals surface area (Å²) in [7, 11) is 0. The lowest BCUT2D eigenvalue weighted by Crippen LogP contribution is -2.16. The van der Waals surface area contributed by atoms with Crippen LogP contribution in [0.4, 0.5) is 5.82 Å². The normalized spacial score (nSPS) is 24.4. The summed E-state index contributed by atoms with van der Waals surface area (Å²) in [6, 6.07) is 1.91. The van der Waals surface area contributed by atoms with E-state index in [-0.39, 0.29) is 0 Å². The Morgan fingerprint density at radius 2 is 1.89 bits per heavy atom. The summed E-state index contributed by atoms with van der Waals surface area (Å²) in [6.07, 6.45) is 6.38. The molecule has 2 rings (SSSR count). The number of hydrogen-bond acceptors (Lipinski definition) is 3. The number of rotatable bonds is 3. The summed E-state index contributed by atoms with van der Waals surface area (Å²) in [4.78, 5) is 9.17. The van der Waals surface area contributed by atoms with Gasteiger partial charge in [-0.05, 0) is 37.5 Å². The summed E-state index contributed by atoms with van der Waals surface area (Å²) in [5.41, 5.74) is 6.99. The van der Waals surface area contributed by atoms with Gasteiger partial charge in [-0.25, -0.2) is 9.97 Å². The smallest absolute Gasteiger partial charge is 0.134 e. The third-order valence-corrected chi connectivity index (χ3v) is 4.16. The minimum atomic E-state index is 0.418. The molecular weight excluding hydrogens is 222 g/mol. The van der Waals surface area contributed by atoms with Crippen LogP contribution >= 0.6 is 0 Å². The number of nitrogens with two attached hydrogens (primary N) is 1. The van der Waals surface area contributed by atoms with Crippen molar-refractivity contribution >= 4 is 5.82 Å². The quantitative estimate of drug-likeness (QED) is 0.882. The first kappa shape index (κ1) is 13.3. The van der Waals surface area contributed by atoms with Gasteiger partial charge in [-0.15, -0.1) is 0 Å². The highest BCUT2D eigenvalue weighted by Gasteiger charge is 2.24.